The van der Waals surface area contributed by atoms with Gasteiger partial charge in [0.2, 0.25) is 11.9 Å². The molecule has 0 amide bonds. The van der Waals surface area contributed by atoms with Crippen LogP contribution in [0.15, 0.2) is 12.7 Å². The minimum atomic E-state index is 0.370. The molecule has 0 spiro atoms. The summed E-state index contributed by atoms with van der Waals surface area (Å²) in [4.78, 5) is 17.1. The van der Waals surface area contributed by atoms with E-state index in [1.54, 1.807) is 6.33 Å². The van der Waals surface area contributed by atoms with Crippen LogP contribution in [0.2, 0.25) is 0 Å². The Morgan fingerprint density at radius 3 is 2.76 bits per heavy atom. The second-order valence-electron chi connectivity index (χ2n) is 5.32. The Bertz CT molecular complexity index is 578. The van der Waals surface area contributed by atoms with Crippen molar-refractivity contribution in [3.8, 4) is 5.95 Å². The molecule has 0 aliphatic heterocycles. The third-order valence-corrected chi connectivity index (χ3v) is 3.47. The molecule has 0 saturated heterocycles. The van der Waals surface area contributed by atoms with Crippen molar-refractivity contribution in [1.29, 1.82) is 0 Å². The summed E-state index contributed by atoms with van der Waals surface area (Å²) in [7, 11) is 0. The third kappa shape index (κ3) is 3.45. The van der Waals surface area contributed by atoms with Gasteiger partial charge < -0.3 is 10.6 Å². The molecule has 8 nitrogen and oxygen atoms in total. The van der Waals surface area contributed by atoms with Crippen molar-refractivity contribution < 1.29 is 0 Å². The lowest BCUT2D eigenvalue weighted by Crippen LogP contribution is -2.21. The molecule has 1 saturated carbocycles. The number of aromatic nitrogens is 6. The van der Waals surface area contributed by atoms with Crippen molar-refractivity contribution in [2.45, 2.75) is 39.2 Å². The second kappa shape index (κ2) is 6.02. The van der Waals surface area contributed by atoms with E-state index in [1.165, 1.54) is 23.9 Å². The van der Waals surface area contributed by atoms with E-state index < -0.39 is 0 Å². The van der Waals surface area contributed by atoms with E-state index in [0.717, 1.165) is 18.9 Å². The van der Waals surface area contributed by atoms with Crippen molar-refractivity contribution in [3.63, 3.8) is 0 Å². The van der Waals surface area contributed by atoms with Gasteiger partial charge in [0.25, 0.3) is 5.95 Å². The Morgan fingerprint density at radius 1 is 1.29 bits per heavy atom. The fourth-order valence-corrected chi connectivity index (χ4v) is 2.08. The average Bonchev–Trinajstić information content (AvgIpc) is 3.20. The number of rotatable bonds is 7. The van der Waals surface area contributed by atoms with Crippen molar-refractivity contribution in [1.82, 2.24) is 29.7 Å². The molecule has 112 valence electrons. The molecule has 2 N–H and O–H groups in total. The van der Waals surface area contributed by atoms with E-state index in [4.69, 9.17) is 0 Å². The minimum absolute atomic E-state index is 0.370. The Morgan fingerprint density at radius 2 is 2.10 bits per heavy atom. The predicted octanol–water partition coefficient (Wildman–Crippen LogP) is 1.48. The summed E-state index contributed by atoms with van der Waals surface area (Å²) in [5, 5.41) is 10.6. The molecule has 8 heteroatoms. The summed E-state index contributed by atoms with van der Waals surface area (Å²) < 4.78 is 1.53. The van der Waals surface area contributed by atoms with Crippen LogP contribution in [-0.2, 0) is 0 Å². The quantitative estimate of drug-likeness (QED) is 0.797. The highest BCUT2D eigenvalue weighted by atomic mass is 15.4. The largest absolute Gasteiger partial charge is 0.354 e. The molecular weight excluding hydrogens is 268 g/mol. The van der Waals surface area contributed by atoms with Gasteiger partial charge in [0, 0.05) is 12.6 Å². The molecule has 0 radical (unpaired) electrons. The molecular formula is C13H20N8. The van der Waals surface area contributed by atoms with Gasteiger partial charge in [-0.3, -0.25) is 0 Å². The standard InChI is InChI=1S/C13H20N8/c1-3-6-15-11-18-12(17-9(2)10-4-5-10)20-13(19-11)21-8-14-7-16-21/h7-10H,3-6H2,1-2H3,(H2,15,17,18,19,20). The van der Waals surface area contributed by atoms with Gasteiger partial charge in [0.15, 0.2) is 0 Å². The molecule has 3 rings (SSSR count). The highest BCUT2D eigenvalue weighted by Crippen LogP contribution is 2.33. The molecule has 2 aromatic rings. The van der Waals surface area contributed by atoms with Gasteiger partial charge in [-0.2, -0.15) is 24.7 Å². The summed E-state index contributed by atoms with van der Waals surface area (Å²) in [6, 6.07) is 0.370. The van der Waals surface area contributed by atoms with Crippen LogP contribution in [0, 0.1) is 5.92 Å². The maximum Gasteiger partial charge on any atom is 0.258 e. The summed E-state index contributed by atoms with van der Waals surface area (Å²) in [6.45, 7) is 5.08. The van der Waals surface area contributed by atoms with Crippen LogP contribution < -0.4 is 10.6 Å². The summed E-state index contributed by atoms with van der Waals surface area (Å²) >= 11 is 0. The Hall–Kier alpha value is -2.25. The zero-order valence-electron chi connectivity index (χ0n) is 12.3. The maximum atomic E-state index is 4.42. The molecule has 2 aromatic heterocycles. The van der Waals surface area contributed by atoms with Gasteiger partial charge in [0.1, 0.15) is 12.7 Å². The molecule has 2 heterocycles. The van der Waals surface area contributed by atoms with E-state index in [-0.39, 0.29) is 0 Å². The first kappa shape index (κ1) is 13.7. The molecule has 0 bridgehead atoms. The molecule has 0 aromatic carbocycles. The monoisotopic (exact) mass is 288 g/mol. The van der Waals surface area contributed by atoms with Gasteiger partial charge in [-0.05, 0) is 32.1 Å². The normalized spacial score (nSPS) is 15.7. The highest BCUT2D eigenvalue weighted by Gasteiger charge is 2.28. The smallest absolute Gasteiger partial charge is 0.258 e. The molecule has 1 unspecified atom stereocenters. The van der Waals surface area contributed by atoms with Crippen LogP contribution in [0.5, 0.6) is 0 Å². The fraction of sp³-hybridized carbons (Fsp3) is 0.615. The lowest BCUT2D eigenvalue weighted by Gasteiger charge is -2.14. The topological polar surface area (TPSA) is 93.4 Å². The molecule has 1 aliphatic rings. The van der Waals surface area contributed by atoms with E-state index >= 15 is 0 Å². The summed E-state index contributed by atoms with van der Waals surface area (Å²) in [5.74, 6) is 2.33. The molecule has 21 heavy (non-hydrogen) atoms. The first-order chi connectivity index (χ1) is 10.3. The summed E-state index contributed by atoms with van der Waals surface area (Å²) in [5.41, 5.74) is 0. The predicted molar refractivity (Wildman–Crippen MR) is 79.3 cm³/mol. The van der Waals surface area contributed by atoms with Gasteiger partial charge in [-0.1, -0.05) is 6.92 Å². The number of hydrogen-bond acceptors (Lipinski definition) is 7. The van der Waals surface area contributed by atoms with Crippen molar-refractivity contribution in [3.05, 3.63) is 12.7 Å². The molecule has 1 fully saturated rings. The number of hydrogen-bond donors (Lipinski definition) is 2. The third-order valence-electron chi connectivity index (χ3n) is 3.47. The number of nitrogens with zero attached hydrogens (tertiary/aromatic N) is 6. The zero-order valence-corrected chi connectivity index (χ0v) is 12.3. The first-order valence-electron chi connectivity index (χ1n) is 7.37. The Labute approximate surface area is 123 Å². The SMILES string of the molecule is CCCNc1nc(NC(C)C2CC2)nc(-n2cncn2)n1. The summed E-state index contributed by atoms with van der Waals surface area (Å²) in [6.07, 6.45) is 6.59. The van der Waals surface area contributed by atoms with Gasteiger partial charge >= 0.3 is 0 Å². The van der Waals surface area contributed by atoms with Crippen LogP contribution in [0.1, 0.15) is 33.1 Å². The van der Waals surface area contributed by atoms with E-state index in [2.05, 4.69) is 49.5 Å². The molecule has 1 aliphatic carbocycles. The van der Waals surface area contributed by atoms with Crippen molar-refractivity contribution in [2.24, 2.45) is 5.92 Å². The van der Waals surface area contributed by atoms with E-state index in [9.17, 15) is 0 Å². The maximum absolute atomic E-state index is 4.42. The van der Waals surface area contributed by atoms with Gasteiger partial charge in [0.05, 0.1) is 0 Å². The van der Waals surface area contributed by atoms with Gasteiger partial charge in [-0.15, -0.1) is 0 Å². The Kier molecular flexibility index (Phi) is 3.94. The molecule has 1 atom stereocenters. The lowest BCUT2D eigenvalue weighted by atomic mass is 10.2. The van der Waals surface area contributed by atoms with E-state index in [0.29, 0.717) is 23.9 Å². The minimum Gasteiger partial charge on any atom is -0.354 e. The van der Waals surface area contributed by atoms with Crippen LogP contribution in [0.25, 0.3) is 5.95 Å². The lowest BCUT2D eigenvalue weighted by molar-refractivity contribution is 0.682. The van der Waals surface area contributed by atoms with Crippen molar-refractivity contribution in [2.75, 3.05) is 17.2 Å². The van der Waals surface area contributed by atoms with Crippen LogP contribution in [0.4, 0.5) is 11.9 Å². The number of nitrogens with one attached hydrogen (secondary N) is 2. The average molecular weight is 288 g/mol. The van der Waals surface area contributed by atoms with Crippen molar-refractivity contribution >= 4 is 11.9 Å². The zero-order chi connectivity index (χ0) is 14.7. The van der Waals surface area contributed by atoms with Crippen LogP contribution in [0.3, 0.4) is 0 Å². The first-order valence-corrected chi connectivity index (χ1v) is 7.37. The van der Waals surface area contributed by atoms with Crippen LogP contribution in [-0.4, -0.2) is 42.3 Å². The Balaban J connectivity index is 1.84. The number of anilines is 2. The fourth-order valence-electron chi connectivity index (χ4n) is 2.08. The van der Waals surface area contributed by atoms with Gasteiger partial charge in [-0.25, -0.2) is 4.98 Å². The highest BCUT2D eigenvalue weighted by molar-refractivity contribution is 5.38. The second-order valence-corrected chi connectivity index (χ2v) is 5.32. The van der Waals surface area contributed by atoms with E-state index in [1.807, 2.05) is 0 Å². The van der Waals surface area contributed by atoms with Crippen LogP contribution >= 0.6 is 0 Å².